The number of amides is 1. The summed E-state index contributed by atoms with van der Waals surface area (Å²) in [5.74, 6) is -0.594. The summed E-state index contributed by atoms with van der Waals surface area (Å²) < 4.78 is 10.3. The molecule has 0 aliphatic carbocycles. The fourth-order valence-electron chi connectivity index (χ4n) is 2.10. The van der Waals surface area contributed by atoms with Gasteiger partial charge in [0.15, 0.2) is 0 Å². The van der Waals surface area contributed by atoms with Crippen molar-refractivity contribution >= 4 is 28.2 Å². The molecular weight excluding hydrogens is 292 g/mol. The molecule has 0 aromatic carbocycles. The fraction of sp³-hybridized carbons (Fsp3) is 0.571. The van der Waals surface area contributed by atoms with Crippen molar-refractivity contribution in [3.63, 3.8) is 0 Å². The van der Waals surface area contributed by atoms with Crippen molar-refractivity contribution in [2.45, 2.75) is 26.8 Å². The molecule has 6 nitrogen and oxygen atoms in total. The summed E-state index contributed by atoms with van der Waals surface area (Å²) in [5.41, 5.74) is 1.30. The van der Waals surface area contributed by atoms with Crippen LogP contribution in [0.3, 0.4) is 0 Å². The van der Waals surface area contributed by atoms with Gasteiger partial charge < -0.3 is 20.1 Å². The lowest BCUT2D eigenvalue weighted by Gasteiger charge is -2.22. The average Bonchev–Trinajstić information content (AvgIpc) is 2.75. The Balaban J connectivity index is 2.17. The highest BCUT2D eigenvalue weighted by atomic mass is 32.1. The quantitative estimate of drug-likeness (QED) is 0.823. The zero-order valence-electron chi connectivity index (χ0n) is 12.4. The molecule has 1 aromatic rings. The van der Waals surface area contributed by atoms with Gasteiger partial charge in [-0.15, -0.1) is 11.3 Å². The second-order valence-corrected chi connectivity index (χ2v) is 6.00. The van der Waals surface area contributed by atoms with Gasteiger partial charge in [0.25, 0.3) is 0 Å². The lowest BCUT2D eigenvalue weighted by atomic mass is 10.1. The van der Waals surface area contributed by atoms with Crippen molar-refractivity contribution in [2.75, 3.05) is 31.7 Å². The predicted molar refractivity (Wildman–Crippen MR) is 81.0 cm³/mol. The maximum atomic E-state index is 12.2. The maximum absolute atomic E-state index is 12.2. The van der Waals surface area contributed by atoms with Gasteiger partial charge in [0.2, 0.25) is 5.91 Å². The molecule has 0 radical (unpaired) electrons. The highest BCUT2D eigenvalue weighted by Crippen LogP contribution is 2.33. The molecule has 0 spiro atoms. The van der Waals surface area contributed by atoms with E-state index in [4.69, 9.17) is 9.47 Å². The van der Waals surface area contributed by atoms with Crippen LogP contribution in [-0.4, -0.2) is 44.3 Å². The Kier molecular flexibility index (Phi) is 5.33. The zero-order valence-corrected chi connectivity index (χ0v) is 13.3. The van der Waals surface area contributed by atoms with E-state index >= 15 is 0 Å². The standard InChI is InChI=1S/C14H20N2O4S/c1-4-20-14(18)11-8(2)9(3)21-13(11)16-12(17)10-7-19-6-5-15-10/h10,15H,4-7H2,1-3H3,(H,16,17). The largest absolute Gasteiger partial charge is 0.462 e. The minimum absolute atomic E-state index is 0.193. The Morgan fingerprint density at radius 2 is 2.24 bits per heavy atom. The van der Waals surface area contributed by atoms with Crippen LogP contribution in [0.15, 0.2) is 0 Å². The van der Waals surface area contributed by atoms with Crippen molar-refractivity contribution in [1.29, 1.82) is 0 Å². The molecule has 1 aromatic heterocycles. The van der Waals surface area contributed by atoms with Crippen LogP contribution in [0.2, 0.25) is 0 Å². The van der Waals surface area contributed by atoms with Crippen molar-refractivity contribution in [1.82, 2.24) is 5.32 Å². The number of esters is 1. The third-order valence-corrected chi connectivity index (χ3v) is 4.46. The molecule has 21 heavy (non-hydrogen) atoms. The van der Waals surface area contributed by atoms with E-state index in [1.165, 1.54) is 11.3 Å². The lowest BCUT2D eigenvalue weighted by Crippen LogP contribution is -2.48. The monoisotopic (exact) mass is 312 g/mol. The van der Waals surface area contributed by atoms with Crippen LogP contribution in [0.5, 0.6) is 0 Å². The van der Waals surface area contributed by atoms with E-state index in [9.17, 15) is 9.59 Å². The third kappa shape index (κ3) is 3.61. The average molecular weight is 312 g/mol. The van der Waals surface area contributed by atoms with Crippen LogP contribution >= 0.6 is 11.3 Å². The van der Waals surface area contributed by atoms with Gasteiger partial charge in [-0.1, -0.05) is 0 Å². The van der Waals surface area contributed by atoms with Crippen molar-refractivity contribution in [3.05, 3.63) is 16.0 Å². The van der Waals surface area contributed by atoms with Gasteiger partial charge >= 0.3 is 5.97 Å². The number of carbonyl (C=O) groups excluding carboxylic acids is 2. The predicted octanol–water partition coefficient (Wildman–Crippen LogP) is 1.47. The van der Waals surface area contributed by atoms with E-state index in [0.717, 1.165) is 10.4 Å². The van der Waals surface area contributed by atoms with Crippen LogP contribution < -0.4 is 10.6 Å². The molecule has 0 bridgehead atoms. The van der Waals surface area contributed by atoms with Crippen molar-refractivity contribution in [3.8, 4) is 0 Å². The van der Waals surface area contributed by atoms with E-state index in [1.54, 1.807) is 6.92 Å². The minimum Gasteiger partial charge on any atom is -0.462 e. The Morgan fingerprint density at radius 1 is 1.48 bits per heavy atom. The Bertz CT molecular complexity index is 535. The van der Waals surface area contributed by atoms with E-state index in [1.807, 2.05) is 13.8 Å². The first-order valence-electron chi connectivity index (χ1n) is 6.93. The zero-order chi connectivity index (χ0) is 15.4. The van der Waals surface area contributed by atoms with Crippen LogP contribution in [0.1, 0.15) is 27.7 Å². The summed E-state index contributed by atoms with van der Waals surface area (Å²) >= 11 is 1.39. The van der Waals surface area contributed by atoms with Gasteiger partial charge in [-0.05, 0) is 26.3 Å². The van der Waals surface area contributed by atoms with Crippen molar-refractivity contribution in [2.24, 2.45) is 0 Å². The highest BCUT2D eigenvalue weighted by molar-refractivity contribution is 7.16. The molecule has 2 N–H and O–H groups in total. The molecular formula is C14H20N2O4S. The molecule has 1 aliphatic rings. The van der Waals surface area contributed by atoms with Crippen LogP contribution in [0.25, 0.3) is 0 Å². The summed E-state index contributed by atoms with van der Waals surface area (Å²) in [7, 11) is 0. The van der Waals surface area contributed by atoms with Gasteiger partial charge in [-0.3, -0.25) is 4.79 Å². The first-order chi connectivity index (χ1) is 10.0. The summed E-state index contributed by atoms with van der Waals surface area (Å²) in [6, 6.07) is -0.392. The Morgan fingerprint density at radius 3 is 2.86 bits per heavy atom. The second kappa shape index (κ2) is 7.02. The normalized spacial score (nSPS) is 18.3. The van der Waals surface area contributed by atoms with E-state index in [0.29, 0.717) is 36.9 Å². The molecule has 116 valence electrons. The molecule has 1 saturated heterocycles. The number of anilines is 1. The summed E-state index contributed by atoms with van der Waals surface area (Å²) in [5, 5.41) is 6.45. The van der Waals surface area contributed by atoms with Crippen LogP contribution in [0.4, 0.5) is 5.00 Å². The number of carbonyl (C=O) groups is 2. The number of nitrogens with one attached hydrogen (secondary N) is 2. The molecule has 7 heteroatoms. The minimum atomic E-state index is -0.400. The number of thiophene rings is 1. The van der Waals surface area contributed by atoms with Gasteiger partial charge in [-0.2, -0.15) is 0 Å². The number of hydrogen-bond donors (Lipinski definition) is 2. The number of rotatable bonds is 4. The highest BCUT2D eigenvalue weighted by Gasteiger charge is 2.26. The first kappa shape index (κ1) is 15.9. The molecule has 2 rings (SSSR count). The second-order valence-electron chi connectivity index (χ2n) is 4.78. The van der Waals surface area contributed by atoms with Crippen LogP contribution in [-0.2, 0) is 14.3 Å². The molecule has 1 amide bonds. The van der Waals surface area contributed by atoms with E-state index < -0.39 is 12.0 Å². The summed E-state index contributed by atoms with van der Waals surface area (Å²) in [4.78, 5) is 25.3. The number of aryl methyl sites for hydroxylation is 1. The lowest BCUT2D eigenvalue weighted by molar-refractivity contribution is -0.120. The molecule has 1 fully saturated rings. The third-order valence-electron chi connectivity index (χ3n) is 3.34. The van der Waals surface area contributed by atoms with Gasteiger partial charge in [0, 0.05) is 11.4 Å². The summed E-state index contributed by atoms with van der Waals surface area (Å²) in [6.45, 7) is 7.42. The SMILES string of the molecule is CCOC(=O)c1c(NC(=O)C2COCCN2)sc(C)c1C. The topological polar surface area (TPSA) is 76.7 Å². The van der Waals surface area contributed by atoms with Gasteiger partial charge in [-0.25, -0.2) is 4.79 Å². The molecule has 1 aliphatic heterocycles. The number of morpholine rings is 1. The first-order valence-corrected chi connectivity index (χ1v) is 7.75. The smallest absolute Gasteiger partial charge is 0.341 e. The Labute approximate surface area is 127 Å². The fourth-order valence-corrected chi connectivity index (χ4v) is 3.15. The van der Waals surface area contributed by atoms with Gasteiger partial charge in [0.1, 0.15) is 11.0 Å². The Hall–Kier alpha value is -1.44. The van der Waals surface area contributed by atoms with Crippen molar-refractivity contribution < 1.29 is 19.1 Å². The molecule has 1 unspecified atom stereocenters. The van der Waals surface area contributed by atoms with E-state index in [2.05, 4.69) is 10.6 Å². The number of hydrogen-bond acceptors (Lipinski definition) is 6. The van der Waals surface area contributed by atoms with Gasteiger partial charge in [0.05, 0.1) is 25.4 Å². The molecule has 2 heterocycles. The molecule has 0 saturated carbocycles. The number of ether oxygens (including phenoxy) is 2. The maximum Gasteiger partial charge on any atom is 0.341 e. The summed E-state index contributed by atoms with van der Waals surface area (Å²) in [6.07, 6.45) is 0. The molecule has 1 atom stereocenters. The van der Waals surface area contributed by atoms with Crippen LogP contribution in [0, 0.1) is 13.8 Å². The van der Waals surface area contributed by atoms with E-state index in [-0.39, 0.29) is 5.91 Å².